The molecule has 0 aliphatic carbocycles. The molecule has 0 saturated carbocycles. The Labute approximate surface area is 133 Å². The topological polar surface area (TPSA) is 49.3 Å². The van der Waals surface area contributed by atoms with E-state index in [0.717, 1.165) is 5.56 Å². The molecule has 0 amide bonds. The highest BCUT2D eigenvalue weighted by Crippen LogP contribution is 2.33. The Balaban J connectivity index is 2.47. The number of hydrogen-bond acceptors (Lipinski definition) is 2. The standard InChI is InChI=1S/C16H15Cl2NO2/c1-10-3-6-12(7-4-10)19-16(2,15(20)21)13-9-11(17)5-8-14(13)18/h3-9,19H,1-2H3,(H,20,21). The number of nitrogens with one attached hydrogen (secondary N) is 1. The molecule has 0 spiro atoms. The Hall–Kier alpha value is -1.71. The maximum absolute atomic E-state index is 11.8. The van der Waals surface area contributed by atoms with Gasteiger partial charge in [0.1, 0.15) is 0 Å². The van der Waals surface area contributed by atoms with Crippen LogP contribution >= 0.6 is 23.2 Å². The molecule has 110 valence electrons. The Morgan fingerprint density at radius 2 is 1.76 bits per heavy atom. The van der Waals surface area contributed by atoms with E-state index in [9.17, 15) is 9.90 Å². The zero-order valence-corrected chi connectivity index (χ0v) is 13.2. The second-order valence-electron chi connectivity index (χ2n) is 5.05. The van der Waals surface area contributed by atoms with Gasteiger partial charge in [0.05, 0.1) is 0 Å². The third kappa shape index (κ3) is 3.31. The number of halogens is 2. The van der Waals surface area contributed by atoms with Gasteiger partial charge in [-0.1, -0.05) is 40.9 Å². The van der Waals surface area contributed by atoms with E-state index in [2.05, 4.69) is 5.32 Å². The Morgan fingerprint density at radius 3 is 2.33 bits per heavy atom. The predicted molar refractivity (Wildman–Crippen MR) is 86.3 cm³/mol. The highest BCUT2D eigenvalue weighted by molar-refractivity contribution is 6.34. The van der Waals surface area contributed by atoms with Crippen LogP contribution in [0.1, 0.15) is 18.1 Å². The molecule has 2 rings (SSSR count). The van der Waals surface area contributed by atoms with Crippen LogP contribution < -0.4 is 5.32 Å². The molecule has 0 aliphatic heterocycles. The minimum atomic E-state index is -1.38. The van der Waals surface area contributed by atoms with Crippen molar-refractivity contribution in [2.24, 2.45) is 0 Å². The summed E-state index contributed by atoms with van der Waals surface area (Å²) in [6.45, 7) is 3.53. The summed E-state index contributed by atoms with van der Waals surface area (Å²) in [5.41, 5.74) is 0.835. The average molecular weight is 324 g/mol. The fraction of sp³-hybridized carbons (Fsp3) is 0.188. The minimum Gasteiger partial charge on any atom is -0.479 e. The molecular weight excluding hydrogens is 309 g/mol. The first-order valence-electron chi connectivity index (χ1n) is 6.37. The molecule has 0 heterocycles. The van der Waals surface area contributed by atoms with Gasteiger partial charge in [0.2, 0.25) is 0 Å². The fourth-order valence-corrected chi connectivity index (χ4v) is 2.52. The van der Waals surface area contributed by atoms with Crippen LogP contribution in [0, 0.1) is 6.92 Å². The van der Waals surface area contributed by atoms with Crippen molar-refractivity contribution in [3.05, 3.63) is 63.6 Å². The van der Waals surface area contributed by atoms with Gasteiger partial charge < -0.3 is 10.4 Å². The van der Waals surface area contributed by atoms with Crippen LogP contribution in [0.5, 0.6) is 0 Å². The fourth-order valence-electron chi connectivity index (χ4n) is 2.04. The number of anilines is 1. The lowest BCUT2D eigenvalue weighted by molar-refractivity contribution is -0.142. The Morgan fingerprint density at radius 1 is 1.14 bits per heavy atom. The molecule has 2 aromatic carbocycles. The summed E-state index contributed by atoms with van der Waals surface area (Å²) in [5, 5.41) is 13.5. The van der Waals surface area contributed by atoms with Crippen LogP contribution in [0.15, 0.2) is 42.5 Å². The molecule has 1 atom stereocenters. The van der Waals surface area contributed by atoms with Crippen molar-refractivity contribution in [1.29, 1.82) is 0 Å². The van der Waals surface area contributed by atoms with Crippen molar-refractivity contribution < 1.29 is 9.90 Å². The number of aliphatic carboxylic acids is 1. The molecule has 2 N–H and O–H groups in total. The number of rotatable bonds is 4. The van der Waals surface area contributed by atoms with Crippen molar-refractivity contribution >= 4 is 34.9 Å². The van der Waals surface area contributed by atoms with E-state index in [1.807, 2.05) is 31.2 Å². The maximum Gasteiger partial charge on any atom is 0.333 e. The van der Waals surface area contributed by atoms with E-state index >= 15 is 0 Å². The Bertz CT molecular complexity index is 670. The lowest BCUT2D eigenvalue weighted by Crippen LogP contribution is -2.40. The van der Waals surface area contributed by atoms with E-state index in [1.54, 1.807) is 25.1 Å². The minimum absolute atomic E-state index is 0.351. The van der Waals surface area contributed by atoms with E-state index in [-0.39, 0.29) is 0 Å². The summed E-state index contributed by atoms with van der Waals surface area (Å²) in [5.74, 6) is -1.03. The van der Waals surface area contributed by atoms with Crippen LogP contribution in [-0.4, -0.2) is 11.1 Å². The lowest BCUT2D eigenvalue weighted by Gasteiger charge is -2.29. The van der Waals surface area contributed by atoms with Gasteiger partial charge in [0.25, 0.3) is 0 Å². The molecule has 21 heavy (non-hydrogen) atoms. The molecule has 0 bridgehead atoms. The first-order chi connectivity index (χ1) is 9.83. The number of carbonyl (C=O) groups is 1. The SMILES string of the molecule is Cc1ccc(NC(C)(C(=O)O)c2cc(Cl)ccc2Cl)cc1. The molecule has 0 fully saturated rings. The van der Waals surface area contributed by atoms with Crippen LogP contribution in [0.25, 0.3) is 0 Å². The predicted octanol–water partition coefficient (Wildman–Crippen LogP) is 4.71. The molecule has 0 radical (unpaired) electrons. The highest BCUT2D eigenvalue weighted by Gasteiger charge is 2.37. The van der Waals surface area contributed by atoms with E-state index < -0.39 is 11.5 Å². The molecular formula is C16H15Cl2NO2. The second kappa shape index (κ2) is 5.96. The first kappa shape index (κ1) is 15.7. The van der Waals surface area contributed by atoms with Crippen molar-refractivity contribution in [3.8, 4) is 0 Å². The third-order valence-electron chi connectivity index (χ3n) is 3.34. The van der Waals surface area contributed by atoms with Gasteiger partial charge in [0, 0.05) is 21.3 Å². The molecule has 1 unspecified atom stereocenters. The van der Waals surface area contributed by atoms with Gasteiger partial charge >= 0.3 is 5.97 Å². The van der Waals surface area contributed by atoms with Crippen LogP contribution in [0.4, 0.5) is 5.69 Å². The van der Waals surface area contributed by atoms with E-state index in [1.165, 1.54) is 0 Å². The summed E-state index contributed by atoms with van der Waals surface area (Å²) in [6.07, 6.45) is 0. The normalized spacial score (nSPS) is 13.5. The quantitative estimate of drug-likeness (QED) is 0.856. The molecule has 3 nitrogen and oxygen atoms in total. The van der Waals surface area contributed by atoms with Gasteiger partial charge in [-0.2, -0.15) is 0 Å². The van der Waals surface area contributed by atoms with Crippen molar-refractivity contribution in [2.45, 2.75) is 19.4 Å². The molecule has 2 aromatic rings. The van der Waals surface area contributed by atoms with Crippen LogP contribution in [-0.2, 0) is 10.3 Å². The van der Waals surface area contributed by atoms with Crippen molar-refractivity contribution in [2.75, 3.05) is 5.32 Å². The van der Waals surface area contributed by atoms with Gasteiger partial charge in [-0.05, 0) is 44.2 Å². The summed E-state index contributed by atoms with van der Waals surface area (Å²) < 4.78 is 0. The summed E-state index contributed by atoms with van der Waals surface area (Å²) in [6, 6.07) is 12.3. The average Bonchev–Trinajstić information content (AvgIpc) is 2.43. The first-order valence-corrected chi connectivity index (χ1v) is 7.12. The largest absolute Gasteiger partial charge is 0.479 e. The second-order valence-corrected chi connectivity index (χ2v) is 5.89. The van der Waals surface area contributed by atoms with Gasteiger partial charge in [-0.15, -0.1) is 0 Å². The van der Waals surface area contributed by atoms with E-state index in [4.69, 9.17) is 23.2 Å². The number of hydrogen-bond donors (Lipinski definition) is 2. The van der Waals surface area contributed by atoms with Crippen molar-refractivity contribution in [1.82, 2.24) is 0 Å². The van der Waals surface area contributed by atoms with Gasteiger partial charge in [-0.25, -0.2) is 4.79 Å². The summed E-state index contributed by atoms with van der Waals surface area (Å²) in [4.78, 5) is 11.8. The van der Waals surface area contributed by atoms with Crippen LogP contribution in [0.2, 0.25) is 10.0 Å². The van der Waals surface area contributed by atoms with E-state index in [0.29, 0.717) is 21.3 Å². The monoisotopic (exact) mass is 323 g/mol. The number of benzene rings is 2. The molecule has 0 aromatic heterocycles. The molecule has 0 aliphatic rings. The number of aryl methyl sites for hydroxylation is 1. The van der Waals surface area contributed by atoms with Gasteiger partial charge in [0.15, 0.2) is 5.54 Å². The zero-order valence-electron chi connectivity index (χ0n) is 11.7. The van der Waals surface area contributed by atoms with Crippen LogP contribution in [0.3, 0.4) is 0 Å². The molecule has 0 saturated heterocycles. The third-order valence-corrected chi connectivity index (χ3v) is 3.91. The van der Waals surface area contributed by atoms with Gasteiger partial charge in [-0.3, -0.25) is 0 Å². The number of carboxylic acids is 1. The summed E-state index contributed by atoms with van der Waals surface area (Å²) in [7, 11) is 0. The highest BCUT2D eigenvalue weighted by atomic mass is 35.5. The molecule has 5 heteroatoms. The van der Waals surface area contributed by atoms with Crippen molar-refractivity contribution in [3.63, 3.8) is 0 Å². The zero-order chi connectivity index (χ0) is 15.6. The lowest BCUT2D eigenvalue weighted by atomic mass is 9.91. The smallest absolute Gasteiger partial charge is 0.333 e. The Kier molecular flexibility index (Phi) is 4.45. The number of carboxylic acid groups (broad SMARTS) is 1. The summed E-state index contributed by atoms with van der Waals surface area (Å²) >= 11 is 12.1. The maximum atomic E-state index is 11.8.